The van der Waals surface area contributed by atoms with Gasteiger partial charge in [0, 0.05) is 5.92 Å². The molecule has 0 saturated carbocycles. The number of carbonyl (C=O) groups is 1. The molecular weight excluding hydrogens is 132 g/mol. The zero-order chi connectivity index (χ0) is 8.15. The van der Waals surface area contributed by atoms with Crippen LogP contribution in [0.25, 0.3) is 0 Å². The fourth-order valence-corrected chi connectivity index (χ4v) is 0.782. The molecule has 0 aromatic carbocycles. The van der Waals surface area contributed by atoms with E-state index in [0.29, 0.717) is 0 Å². The number of hydrogen-bond acceptors (Lipinski definition) is 3. The van der Waals surface area contributed by atoms with Crippen molar-refractivity contribution in [2.75, 3.05) is 0 Å². The molecule has 1 amide bonds. The maximum atomic E-state index is 10.8. The number of nitrogens with zero attached hydrogens (tertiary/aromatic N) is 1. The van der Waals surface area contributed by atoms with Gasteiger partial charge in [-0.3, -0.25) is 10.0 Å². The molecule has 0 aromatic rings. The van der Waals surface area contributed by atoms with Crippen molar-refractivity contribution in [2.45, 2.75) is 26.7 Å². The lowest BCUT2D eigenvalue weighted by Gasteiger charge is -2.12. The van der Waals surface area contributed by atoms with Crippen LogP contribution in [0.3, 0.4) is 0 Å². The van der Waals surface area contributed by atoms with E-state index < -0.39 is 5.91 Å². The Morgan fingerprint density at radius 3 is 2.60 bits per heavy atom. The Morgan fingerprint density at radius 1 is 1.80 bits per heavy atom. The van der Waals surface area contributed by atoms with Crippen LogP contribution in [0.15, 0.2) is 0 Å². The molecule has 1 atom stereocenters. The van der Waals surface area contributed by atoms with Crippen molar-refractivity contribution in [1.82, 2.24) is 5.17 Å². The SMILES string of the molecule is CCCC(C)C(=O)N(N)O. The second kappa shape index (κ2) is 4.24. The van der Waals surface area contributed by atoms with Gasteiger partial charge in [0.25, 0.3) is 5.91 Å². The summed E-state index contributed by atoms with van der Waals surface area (Å²) in [5, 5.41) is 8.63. The Morgan fingerprint density at radius 2 is 2.30 bits per heavy atom. The Hall–Kier alpha value is -0.610. The fourth-order valence-electron chi connectivity index (χ4n) is 0.782. The molecule has 4 heteroatoms. The van der Waals surface area contributed by atoms with E-state index in [1.54, 1.807) is 6.92 Å². The topological polar surface area (TPSA) is 66.6 Å². The van der Waals surface area contributed by atoms with Crippen molar-refractivity contribution in [1.29, 1.82) is 0 Å². The van der Waals surface area contributed by atoms with Crippen LogP contribution in [0, 0.1) is 5.92 Å². The monoisotopic (exact) mass is 146 g/mol. The van der Waals surface area contributed by atoms with E-state index >= 15 is 0 Å². The van der Waals surface area contributed by atoms with Gasteiger partial charge in [0.1, 0.15) is 0 Å². The molecule has 0 rings (SSSR count). The van der Waals surface area contributed by atoms with E-state index in [-0.39, 0.29) is 11.1 Å². The molecule has 0 heterocycles. The number of carbonyl (C=O) groups excluding carboxylic acids is 1. The maximum Gasteiger partial charge on any atom is 0.263 e. The Kier molecular flexibility index (Phi) is 3.99. The Balaban J connectivity index is 3.71. The van der Waals surface area contributed by atoms with Gasteiger partial charge < -0.3 is 0 Å². The summed E-state index contributed by atoms with van der Waals surface area (Å²) in [7, 11) is 0. The van der Waals surface area contributed by atoms with Crippen LogP contribution in [0.1, 0.15) is 26.7 Å². The van der Waals surface area contributed by atoms with Gasteiger partial charge >= 0.3 is 0 Å². The van der Waals surface area contributed by atoms with E-state index in [1.807, 2.05) is 6.92 Å². The summed E-state index contributed by atoms with van der Waals surface area (Å²) in [5.74, 6) is 4.20. The van der Waals surface area contributed by atoms with Gasteiger partial charge in [-0.15, -0.1) is 0 Å². The summed E-state index contributed by atoms with van der Waals surface area (Å²) in [6.07, 6.45) is 1.67. The van der Waals surface area contributed by atoms with E-state index in [9.17, 15) is 4.79 Å². The van der Waals surface area contributed by atoms with Gasteiger partial charge in [0.2, 0.25) is 0 Å². The molecule has 0 aliphatic rings. The van der Waals surface area contributed by atoms with Gasteiger partial charge in [-0.05, 0) is 6.42 Å². The largest absolute Gasteiger partial charge is 0.271 e. The van der Waals surface area contributed by atoms with E-state index in [2.05, 4.69) is 0 Å². The first kappa shape index (κ1) is 9.39. The van der Waals surface area contributed by atoms with Gasteiger partial charge in [0.05, 0.1) is 0 Å². The van der Waals surface area contributed by atoms with Crippen molar-refractivity contribution in [3.63, 3.8) is 0 Å². The number of hydrazine groups is 1. The Labute approximate surface area is 60.5 Å². The highest BCUT2D eigenvalue weighted by Gasteiger charge is 2.14. The molecule has 60 valence electrons. The van der Waals surface area contributed by atoms with Crippen LogP contribution < -0.4 is 5.84 Å². The van der Waals surface area contributed by atoms with Crippen LogP contribution in [-0.4, -0.2) is 16.3 Å². The third kappa shape index (κ3) is 2.80. The zero-order valence-corrected chi connectivity index (χ0v) is 6.37. The zero-order valence-electron chi connectivity index (χ0n) is 6.37. The highest BCUT2D eigenvalue weighted by Crippen LogP contribution is 2.05. The minimum atomic E-state index is -0.429. The third-order valence-corrected chi connectivity index (χ3v) is 1.37. The van der Waals surface area contributed by atoms with Crippen molar-refractivity contribution in [2.24, 2.45) is 11.8 Å². The maximum absolute atomic E-state index is 10.8. The molecule has 10 heavy (non-hydrogen) atoms. The lowest BCUT2D eigenvalue weighted by Crippen LogP contribution is -2.37. The second-order valence-electron chi connectivity index (χ2n) is 2.37. The van der Waals surface area contributed by atoms with Crippen LogP contribution in [0.4, 0.5) is 0 Å². The number of nitrogens with two attached hydrogens (primary N) is 1. The third-order valence-electron chi connectivity index (χ3n) is 1.37. The first-order valence-electron chi connectivity index (χ1n) is 3.37. The predicted octanol–water partition coefficient (Wildman–Crippen LogP) is 0.514. The molecule has 0 aliphatic heterocycles. The summed E-state index contributed by atoms with van der Waals surface area (Å²) < 4.78 is 0. The molecule has 0 aliphatic carbocycles. The van der Waals surface area contributed by atoms with Gasteiger partial charge in [-0.1, -0.05) is 20.3 Å². The minimum absolute atomic E-state index is 0.153. The summed E-state index contributed by atoms with van der Waals surface area (Å²) in [4.78, 5) is 10.8. The van der Waals surface area contributed by atoms with Crippen molar-refractivity contribution < 1.29 is 10.0 Å². The number of hydroxylamine groups is 1. The Bertz CT molecular complexity index is 114. The smallest absolute Gasteiger partial charge is 0.263 e. The summed E-state index contributed by atoms with van der Waals surface area (Å²) in [6.45, 7) is 3.71. The van der Waals surface area contributed by atoms with E-state index in [0.717, 1.165) is 12.8 Å². The van der Waals surface area contributed by atoms with Crippen LogP contribution >= 0.6 is 0 Å². The lowest BCUT2D eigenvalue weighted by molar-refractivity contribution is -0.170. The van der Waals surface area contributed by atoms with E-state index in [4.69, 9.17) is 11.0 Å². The average molecular weight is 146 g/mol. The molecule has 0 radical (unpaired) electrons. The predicted molar refractivity (Wildman–Crippen MR) is 36.9 cm³/mol. The summed E-state index contributed by atoms with van der Waals surface area (Å²) in [6, 6.07) is 0. The van der Waals surface area contributed by atoms with Crippen molar-refractivity contribution >= 4 is 5.91 Å². The van der Waals surface area contributed by atoms with Gasteiger partial charge in [-0.2, -0.15) is 5.17 Å². The number of hydrogen-bond donors (Lipinski definition) is 2. The van der Waals surface area contributed by atoms with Gasteiger partial charge in [-0.25, -0.2) is 5.84 Å². The molecule has 0 spiro atoms. The molecule has 0 aromatic heterocycles. The molecular formula is C6H14N2O2. The molecule has 0 fully saturated rings. The van der Waals surface area contributed by atoms with Gasteiger partial charge in [0.15, 0.2) is 0 Å². The average Bonchev–Trinajstić information content (AvgIpc) is 1.87. The standard InChI is InChI=1S/C6H14N2O2/c1-3-4-5(2)6(9)8(7)10/h5,10H,3-4,7H2,1-2H3. The van der Waals surface area contributed by atoms with Crippen molar-refractivity contribution in [3.05, 3.63) is 0 Å². The lowest BCUT2D eigenvalue weighted by atomic mass is 10.1. The first-order valence-corrected chi connectivity index (χ1v) is 3.37. The summed E-state index contributed by atoms with van der Waals surface area (Å²) in [5.41, 5.74) is 0. The van der Waals surface area contributed by atoms with Crippen LogP contribution in [-0.2, 0) is 4.79 Å². The highest BCUT2D eigenvalue weighted by atomic mass is 16.5. The number of amides is 1. The fraction of sp³-hybridized carbons (Fsp3) is 0.833. The molecule has 0 saturated heterocycles. The second-order valence-corrected chi connectivity index (χ2v) is 2.37. The molecule has 3 N–H and O–H groups in total. The van der Waals surface area contributed by atoms with Crippen molar-refractivity contribution in [3.8, 4) is 0 Å². The molecule has 1 unspecified atom stereocenters. The quantitative estimate of drug-likeness (QED) is 0.264. The molecule has 0 bridgehead atoms. The normalized spacial score (nSPS) is 12.8. The van der Waals surface area contributed by atoms with Crippen LogP contribution in [0.5, 0.6) is 0 Å². The minimum Gasteiger partial charge on any atom is -0.271 e. The van der Waals surface area contributed by atoms with E-state index in [1.165, 1.54) is 0 Å². The number of rotatable bonds is 3. The molecule has 4 nitrogen and oxygen atoms in total. The van der Waals surface area contributed by atoms with Crippen LogP contribution in [0.2, 0.25) is 0 Å². The summed E-state index contributed by atoms with van der Waals surface area (Å²) >= 11 is 0. The first-order chi connectivity index (χ1) is 4.59. The highest BCUT2D eigenvalue weighted by molar-refractivity contribution is 5.76.